The van der Waals surface area contributed by atoms with E-state index in [9.17, 15) is 10.1 Å². The number of non-ortho nitro benzene ring substituents is 1. The molecule has 3 rings (SSSR count). The van der Waals surface area contributed by atoms with E-state index in [0.717, 1.165) is 0 Å². The monoisotopic (exact) mass is 361 g/mol. The number of hydrogen-bond donors (Lipinski definition) is 2. The molecule has 0 saturated carbocycles. The summed E-state index contributed by atoms with van der Waals surface area (Å²) in [5.74, 6) is 7.26. The molecule has 0 spiro atoms. The van der Waals surface area contributed by atoms with Crippen LogP contribution in [0.5, 0.6) is 0 Å². The SMILES string of the molecule is Cc1nnc(N/N=C\c2ccc(-c3cc([N+](=O)[O-])ccc3Cl)o2)n1N. The van der Waals surface area contributed by atoms with Gasteiger partial charge in [0.1, 0.15) is 11.5 Å². The number of nitrogens with one attached hydrogen (secondary N) is 1. The standard InChI is InChI=1S/C14H12ClN7O3/c1-8-18-20-14(21(8)16)19-17-7-10-3-5-13(25-10)11-6-9(22(23)24)2-4-12(11)15/h2-7H,16H2,1H3,(H,19,20)/b17-7-. The highest BCUT2D eigenvalue weighted by Gasteiger charge is 2.14. The van der Waals surface area contributed by atoms with Gasteiger partial charge in [-0.15, -0.1) is 10.2 Å². The molecular weight excluding hydrogens is 350 g/mol. The van der Waals surface area contributed by atoms with Crippen LogP contribution in [0.4, 0.5) is 11.6 Å². The third-order valence-corrected chi connectivity index (χ3v) is 3.61. The van der Waals surface area contributed by atoms with Crippen LogP contribution in [-0.4, -0.2) is 26.0 Å². The summed E-state index contributed by atoms with van der Waals surface area (Å²) in [6.45, 7) is 1.70. The van der Waals surface area contributed by atoms with Crippen molar-refractivity contribution in [2.45, 2.75) is 6.92 Å². The smallest absolute Gasteiger partial charge is 0.270 e. The zero-order valence-corrected chi connectivity index (χ0v) is 13.6. The summed E-state index contributed by atoms with van der Waals surface area (Å²) in [5.41, 5.74) is 2.96. The molecule has 0 saturated heterocycles. The molecule has 10 nitrogen and oxygen atoms in total. The highest BCUT2D eigenvalue weighted by atomic mass is 35.5. The number of nitro benzene ring substituents is 1. The molecule has 0 aliphatic carbocycles. The summed E-state index contributed by atoms with van der Waals surface area (Å²) in [6.07, 6.45) is 1.40. The van der Waals surface area contributed by atoms with Gasteiger partial charge in [0.15, 0.2) is 5.82 Å². The first-order chi connectivity index (χ1) is 12.0. The van der Waals surface area contributed by atoms with Crippen LogP contribution < -0.4 is 11.3 Å². The maximum Gasteiger partial charge on any atom is 0.270 e. The number of nitro groups is 1. The number of hydrogen-bond acceptors (Lipinski definition) is 8. The van der Waals surface area contributed by atoms with Gasteiger partial charge in [0, 0.05) is 17.7 Å². The summed E-state index contributed by atoms with van der Waals surface area (Å²) in [7, 11) is 0. The Morgan fingerprint density at radius 3 is 2.88 bits per heavy atom. The molecule has 11 heteroatoms. The number of nitrogens with zero attached hydrogens (tertiary/aromatic N) is 5. The highest BCUT2D eigenvalue weighted by Crippen LogP contribution is 2.32. The Hall–Kier alpha value is -3.40. The second kappa shape index (κ2) is 6.61. The molecule has 2 aromatic heterocycles. The van der Waals surface area contributed by atoms with E-state index >= 15 is 0 Å². The molecule has 3 N–H and O–H groups in total. The van der Waals surface area contributed by atoms with E-state index in [0.29, 0.717) is 27.9 Å². The number of anilines is 1. The van der Waals surface area contributed by atoms with Gasteiger partial charge in [-0.1, -0.05) is 11.6 Å². The van der Waals surface area contributed by atoms with Crippen LogP contribution >= 0.6 is 11.6 Å². The summed E-state index contributed by atoms with van der Waals surface area (Å²) in [5, 5.41) is 22.7. The predicted molar refractivity (Wildman–Crippen MR) is 91.9 cm³/mol. The number of aromatic nitrogens is 3. The van der Waals surface area contributed by atoms with Crippen LogP contribution in [0.15, 0.2) is 39.9 Å². The van der Waals surface area contributed by atoms with Crippen molar-refractivity contribution in [2.24, 2.45) is 5.10 Å². The molecule has 0 aliphatic heterocycles. The van der Waals surface area contributed by atoms with Crippen LogP contribution in [-0.2, 0) is 0 Å². The molecule has 0 aliphatic rings. The lowest BCUT2D eigenvalue weighted by Gasteiger charge is -2.00. The third-order valence-electron chi connectivity index (χ3n) is 3.28. The lowest BCUT2D eigenvalue weighted by atomic mass is 10.1. The van der Waals surface area contributed by atoms with Crippen molar-refractivity contribution in [3.63, 3.8) is 0 Å². The van der Waals surface area contributed by atoms with Gasteiger partial charge >= 0.3 is 0 Å². The van der Waals surface area contributed by atoms with Crippen LogP contribution in [0.1, 0.15) is 11.6 Å². The molecule has 2 heterocycles. The second-order valence-corrected chi connectivity index (χ2v) is 5.34. The van der Waals surface area contributed by atoms with Crippen molar-refractivity contribution in [3.05, 3.63) is 57.1 Å². The van der Waals surface area contributed by atoms with Crippen molar-refractivity contribution >= 4 is 29.5 Å². The van der Waals surface area contributed by atoms with Gasteiger partial charge in [-0.25, -0.2) is 10.1 Å². The molecule has 1 aromatic carbocycles. The zero-order chi connectivity index (χ0) is 18.0. The third kappa shape index (κ3) is 3.43. The minimum absolute atomic E-state index is 0.0784. The topological polar surface area (TPSA) is 137 Å². The van der Waals surface area contributed by atoms with E-state index in [-0.39, 0.29) is 11.6 Å². The first kappa shape index (κ1) is 16.5. The maximum absolute atomic E-state index is 10.9. The van der Waals surface area contributed by atoms with Crippen molar-refractivity contribution in [2.75, 3.05) is 11.3 Å². The summed E-state index contributed by atoms with van der Waals surface area (Å²) >= 11 is 6.09. The quantitative estimate of drug-likeness (QED) is 0.308. The Kier molecular flexibility index (Phi) is 4.35. The number of halogens is 1. The molecule has 0 fully saturated rings. The minimum Gasteiger partial charge on any atom is -0.455 e. The summed E-state index contributed by atoms with van der Waals surface area (Å²) in [6, 6.07) is 7.41. The Morgan fingerprint density at radius 1 is 1.40 bits per heavy atom. The Morgan fingerprint density at radius 2 is 2.20 bits per heavy atom. The van der Waals surface area contributed by atoms with E-state index < -0.39 is 4.92 Å². The molecule has 128 valence electrons. The lowest BCUT2D eigenvalue weighted by Crippen LogP contribution is -2.13. The van der Waals surface area contributed by atoms with E-state index in [2.05, 4.69) is 20.7 Å². The fourth-order valence-electron chi connectivity index (χ4n) is 1.98. The van der Waals surface area contributed by atoms with E-state index in [4.69, 9.17) is 21.9 Å². The summed E-state index contributed by atoms with van der Waals surface area (Å²) in [4.78, 5) is 10.4. The number of hydrazone groups is 1. The van der Waals surface area contributed by atoms with Gasteiger partial charge in [-0.05, 0) is 25.1 Å². The van der Waals surface area contributed by atoms with Crippen molar-refractivity contribution in [1.29, 1.82) is 0 Å². The molecule has 0 bridgehead atoms. The first-order valence-electron chi connectivity index (χ1n) is 6.96. The van der Waals surface area contributed by atoms with Gasteiger partial charge < -0.3 is 10.3 Å². The molecule has 25 heavy (non-hydrogen) atoms. The average molecular weight is 362 g/mol. The number of rotatable bonds is 5. The van der Waals surface area contributed by atoms with Gasteiger partial charge in [-0.2, -0.15) is 5.10 Å². The Balaban J connectivity index is 1.78. The number of aryl methyl sites for hydroxylation is 1. The van der Waals surface area contributed by atoms with E-state index in [1.807, 2.05) is 0 Å². The Bertz CT molecular complexity index is 963. The fourth-order valence-corrected chi connectivity index (χ4v) is 2.19. The number of benzene rings is 1. The van der Waals surface area contributed by atoms with Crippen LogP contribution in [0.3, 0.4) is 0 Å². The van der Waals surface area contributed by atoms with Crippen LogP contribution in [0, 0.1) is 17.0 Å². The number of nitrogen functional groups attached to an aromatic ring is 1. The molecular formula is C14H12ClN7O3. The fraction of sp³-hybridized carbons (Fsp3) is 0.0714. The number of nitrogens with two attached hydrogens (primary N) is 1. The van der Waals surface area contributed by atoms with Gasteiger partial charge in [0.2, 0.25) is 0 Å². The minimum atomic E-state index is -0.500. The average Bonchev–Trinajstić information content (AvgIpc) is 3.17. The van der Waals surface area contributed by atoms with Gasteiger partial charge in [0.05, 0.1) is 16.2 Å². The van der Waals surface area contributed by atoms with Crippen LogP contribution in [0.25, 0.3) is 11.3 Å². The normalized spacial score (nSPS) is 11.1. The van der Waals surface area contributed by atoms with Gasteiger partial charge in [-0.3, -0.25) is 10.1 Å². The second-order valence-electron chi connectivity index (χ2n) is 4.93. The Labute approximate surface area is 146 Å². The highest BCUT2D eigenvalue weighted by molar-refractivity contribution is 6.33. The predicted octanol–water partition coefficient (Wildman–Crippen LogP) is 2.57. The van der Waals surface area contributed by atoms with Crippen molar-refractivity contribution in [1.82, 2.24) is 14.9 Å². The summed E-state index contributed by atoms with van der Waals surface area (Å²) < 4.78 is 6.83. The molecule has 3 aromatic rings. The molecule has 0 atom stereocenters. The van der Waals surface area contributed by atoms with E-state index in [1.165, 1.54) is 29.1 Å². The van der Waals surface area contributed by atoms with Crippen molar-refractivity contribution in [3.8, 4) is 11.3 Å². The largest absolute Gasteiger partial charge is 0.455 e. The molecule has 0 unspecified atom stereocenters. The van der Waals surface area contributed by atoms with E-state index in [1.54, 1.807) is 19.1 Å². The lowest BCUT2D eigenvalue weighted by molar-refractivity contribution is -0.384. The zero-order valence-electron chi connectivity index (χ0n) is 12.9. The van der Waals surface area contributed by atoms with Crippen molar-refractivity contribution < 1.29 is 9.34 Å². The molecule has 0 amide bonds. The van der Waals surface area contributed by atoms with Gasteiger partial charge in [0.25, 0.3) is 11.6 Å². The van der Waals surface area contributed by atoms with Crippen LogP contribution in [0.2, 0.25) is 5.02 Å². The molecule has 0 radical (unpaired) electrons. The maximum atomic E-state index is 10.9. The first-order valence-corrected chi connectivity index (χ1v) is 7.34. The number of furan rings is 1.